The second-order valence-corrected chi connectivity index (χ2v) is 8.44. The van der Waals surface area contributed by atoms with Gasteiger partial charge in [0.2, 0.25) is 0 Å². The Balaban J connectivity index is 1.52. The minimum atomic E-state index is -0.483. The summed E-state index contributed by atoms with van der Waals surface area (Å²) < 4.78 is 30.7. The van der Waals surface area contributed by atoms with Crippen LogP contribution in [0.4, 0.5) is 4.39 Å². The Kier molecular flexibility index (Phi) is 7.77. The summed E-state index contributed by atoms with van der Waals surface area (Å²) in [5.41, 5.74) is 1.47. The first-order valence-electron chi connectivity index (χ1n) is 10.9. The summed E-state index contributed by atoms with van der Waals surface area (Å²) in [5.74, 6) is -0.0769. The number of hydrogen-bond acceptors (Lipinski definition) is 8. The number of hydrogen-bond donors (Lipinski definition) is 2. The molecule has 0 aliphatic rings. The molecule has 4 rings (SSSR count). The van der Waals surface area contributed by atoms with Crippen LogP contribution in [0.3, 0.4) is 0 Å². The predicted molar refractivity (Wildman–Crippen MR) is 134 cm³/mol. The van der Waals surface area contributed by atoms with Crippen LogP contribution in [-0.4, -0.2) is 55.8 Å². The number of aromatic nitrogens is 1. The molecule has 36 heavy (non-hydrogen) atoms. The van der Waals surface area contributed by atoms with Gasteiger partial charge in [-0.3, -0.25) is 9.59 Å². The van der Waals surface area contributed by atoms with Crippen LogP contribution in [-0.2, 0) is 0 Å². The zero-order valence-corrected chi connectivity index (χ0v) is 20.4. The third-order valence-electron chi connectivity index (χ3n) is 5.35. The topological polar surface area (TPSA) is 107 Å². The molecule has 2 heterocycles. The maximum atomic E-state index is 14.2. The number of fused-ring (bicyclic) bond motifs is 1. The maximum Gasteiger partial charge on any atom is 0.251 e. The van der Waals surface area contributed by atoms with E-state index in [9.17, 15) is 14.0 Å². The molecule has 0 spiro atoms. The van der Waals surface area contributed by atoms with E-state index in [4.69, 9.17) is 19.3 Å². The molecule has 0 aliphatic carbocycles. The fourth-order valence-electron chi connectivity index (χ4n) is 3.60. The molecule has 0 fully saturated rings. The summed E-state index contributed by atoms with van der Waals surface area (Å²) in [6, 6.07) is 12.5. The Bertz CT molecular complexity index is 1420. The van der Waals surface area contributed by atoms with Crippen molar-refractivity contribution in [3.8, 4) is 28.5 Å². The van der Waals surface area contributed by atoms with E-state index < -0.39 is 11.7 Å². The minimum absolute atomic E-state index is 0.0867. The van der Waals surface area contributed by atoms with Crippen LogP contribution in [0.15, 0.2) is 53.9 Å². The van der Waals surface area contributed by atoms with E-state index in [2.05, 4.69) is 10.3 Å². The standard InChI is InChI=1S/C26H23FN2O6S/c1-33-22-9-7-19(29-24(22)17-14-36-25-16(17)4-3-5-18(25)27)20(31)13-28-26(32)15-6-8-21(35-11-10-30)23(12-15)34-2/h3-9,12,14,30H,10-11,13H2,1-2H3,(H,28,32). The Morgan fingerprint density at radius 3 is 2.58 bits per heavy atom. The summed E-state index contributed by atoms with van der Waals surface area (Å²) in [4.78, 5) is 30.0. The number of thiophene rings is 1. The van der Waals surface area contributed by atoms with Gasteiger partial charge < -0.3 is 24.6 Å². The number of nitrogens with one attached hydrogen (secondary N) is 1. The maximum absolute atomic E-state index is 14.2. The summed E-state index contributed by atoms with van der Waals surface area (Å²) >= 11 is 1.24. The fourth-order valence-corrected chi connectivity index (χ4v) is 4.56. The third-order valence-corrected chi connectivity index (χ3v) is 6.36. The summed E-state index contributed by atoms with van der Waals surface area (Å²) in [7, 11) is 2.93. The Morgan fingerprint density at radius 1 is 1.06 bits per heavy atom. The number of ether oxygens (including phenoxy) is 3. The van der Waals surface area contributed by atoms with Crippen molar-refractivity contribution in [1.82, 2.24) is 10.3 Å². The quantitative estimate of drug-likeness (QED) is 0.309. The number of ketones is 1. The van der Waals surface area contributed by atoms with E-state index in [1.165, 1.54) is 49.8 Å². The average molecular weight is 511 g/mol. The predicted octanol–water partition coefficient (Wildman–Crippen LogP) is 4.10. The number of carbonyl (C=O) groups is 2. The van der Waals surface area contributed by atoms with E-state index in [-0.39, 0.29) is 36.8 Å². The number of halogens is 1. The zero-order valence-electron chi connectivity index (χ0n) is 19.5. The van der Waals surface area contributed by atoms with Gasteiger partial charge in [0.05, 0.1) is 32.1 Å². The normalized spacial score (nSPS) is 10.8. The zero-order chi connectivity index (χ0) is 25.7. The van der Waals surface area contributed by atoms with Crippen molar-refractivity contribution in [3.63, 3.8) is 0 Å². The van der Waals surface area contributed by atoms with Crippen LogP contribution in [0.5, 0.6) is 17.2 Å². The number of pyridine rings is 1. The highest BCUT2D eigenvalue weighted by molar-refractivity contribution is 7.17. The van der Waals surface area contributed by atoms with Crippen molar-refractivity contribution >= 4 is 33.1 Å². The van der Waals surface area contributed by atoms with Crippen molar-refractivity contribution < 1.29 is 33.3 Å². The van der Waals surface area contributed by atoms with Crippen LogP contribution in [0, 0.1) is 5.82 Å². The molecule has 0 radical (unpaired) electrons. The molecule has 2 N–H and O–H groups in total. The molecule has 8 nitrogen and oxygen atoms in total. The van der Waals surface area contributed by atoms with Crippen LogP contribution < -0.4 is 19.5 Å². The van der Waals surface area contributed by atoms with Crippen molar-refractivity contribution in [1.29, 1.82) is 0 Å². The first-order valence-corrected chi connectivity index (χ1v) is 11.8. The van der Waals surface area contributed by atoms with Gasteiger partial charge in [-0.1, -0.05) is 12.1 Å². The molecule has 0 saturated carbocycles. The van der Waals surface area contributed by atoms with Crippen LogP contribution in [0.2, 0.25) is 0 Å². The fraction of sp³-hybridized carbons (Fsp3) is 0.192. The number of carbonyl (C=O) groups excluding carboxylic acids is 2. The van der Waals surface area contributed by atoms with Gasteiger partial charge in [-0.2, -0.15) is 0 Å². The number of aliphatic hydroxyl groups excluding tert-OH is 1. The smallest absolute Gasteiger partial charge is 0.251 e. The average Bonchev–Trinajstić information content (AvgIpc) is 3.35. The first-order chi connectivity index (χ1) is 17.5. The molecule has 0 bridgehead atoms. The largest absolute Gasteiger partial charge is 0.494 e. The number of methoxy groups -OCH3 is 2. The number of Topliss-reactive ketones (excluding diaryl/α,β-unsaturated/α-hetero) is 1. The highest BCUT2D eigenvalue weighted by Crippen LogP contribution is 2.38. The van der Waals surface area contributed by atoms with E-state index in [1.807, 2.05) is 0 Å². The molecule has 4 aromatic rings. The van der Waals surface area contributed by atoms with Crippen molar-refractivity contribution in [2.45, 2.75) is 0 Å². The van der Waals surface area contributed by atoms with Gasteiger partial charge in [-0.15, -0.1) is 11.3 Å². The molecule has 2 aromatic heterocycles. The SMILES string of the molecule is COc1cc(C(=O)NCC(=O)c2ccc(OC)c(-c3csc4c(F)cccc34)n2)ccc1OCCO. The lowest BCUT2D eigenvalue weighted by Gasteiger charge is -2.12. The van der Waals surface area contributed by atoms with E-state index in [1.54, 1.807) is 29.6 Å². The highest BCUT2D eigenvalue weighted by Gasteiger charge is 2.19. The summed E-state index contributed by atoms with van der Waals surface area (Å²) in [5, 5.41) is 14.0. The molecule has 0 unspecified atom stereocenters. The van der Waals surface area contributed by atoms with Gasteiger partial charge in [0.1, 0.15) is 29.6 Å². The molecule has 186 valence electrons. The van der Waals surface area contributed by atoms with Gasteiger partial charge in [-0.25, -0.2) is 9.37 Å². The lowest BCUT2D eigenvalue weighted by atomic mass is 10.1. The second-order valence-electron chi connectivity index (χ2n) is 7.56. The van der Waals surface area contributed by atoms with Crippen molar-refractivity contribution in [2.24, 2.45) is 0 Å². The summed E-state index contributed by atoms with van der Waals surface area (Å²) in [6.07, 6.45) is 0. The molecule has 0 aliphatic heterocycles. The first kappa shape index (κ1) is 25.1. The van der Waals surface area contributed by atoms with E-state index >= 15 is 0 Å². The third kappa shape index (κ3) is 5.14. The Hall–Kier alpha value is -4.02. The molecule has 1 amide bonds. The van der Waals surface area contributed by atoms with Crippen molar-refractivity contribution in [3.05, 3.63) is 71.0 Å². The molecule has 10 heteroatoms. The molecule has 0 atom stereocenters. The van der Waals surface area contributed by atoms with Crippen LogP contribution in [0.25, 0.3) is 21.3 Å². The lowest BCUT2D eigenvalue weighted by molar-refractivity contribution is 0.0902. The van der Waals surface area contributed by atoms with Gasteiger partial charge in [0, 0.05) is 21.9 Å². The lowest BCUT2D eigenvalue weighted by Crippen LogP contribution is -2.30. The highest BCUT2D eigenvalue weighted by atomic mass is 32.1. The number of amides is 1. The molecular weight excluding hydrogens is 487 g/mol. The summed E-state index contributed by atoms with van der Waals surface area (Å²) in [6.45, 7) is -0.362. The Morgan fingerprint density at radius 2 is 1.83 bits per heavy atom. The van der Waals surface area contributed by atoms with Crippen LogP contribution in [0.1, 0.15) is 20.8 Å². The second kappa shape index (κ2) is 11.1. The number of benzene rings is 2. The monoisotopic (exact) mass is 510 g/mol. The number of rotatable bonds is 10. The van der Waals surface area contributed by atoms with Crippen LogP contribution >= 0.6 is 11.3 Å². The van der Waals surface area contributed by atoms with E-state index in [0.29, 0.717) is 38.6 Å². The van der Waals surface area contributed by atoms with Gasteiger partial charge in [0.15, 0.2) is 17.3 Å². The number of nitrogens with zero attached hydrogens (tertiary/aromatic N) is 1. The minimum Gasteiger partial charge on any atom is -0.494 e. The Labute approximate surface area is 210 Å². The van der Waals surface area contributed by atoms with Gasteiger partial charge >= 0.3 is 0 Å². The van der Waals surface area contributed by atoms with Gasteiger partial charge in [0.25, 0.3) is 5.91 Å². The van der Waals surface area contributed by atoms with Crippen molar-refractivity contribution in [2.75, 3.05) is 34.0 Å². The molecule has 2 aromatic carbocycles. The molecular formula is C26H23FN2O6S. The van der Waals surface area contributed by atoms with Gasteiger partial charge in [-0.05, 0) is 36.4 Å². The van der Waals surface area contributed by atoms with E-state index in [0.717, 1.165) is 0 Å². The number of aliphatic hydroxyl groups is 1. The molecule has 0 saturated heterocycles.